The maximum absolute atomic E-state index is 5.19. The Morgan fingerprint density at radius 2 is 2.00 bits per heavy atom. The van der Waals surface area contributed by atoms with Gasteiger partial charge >= 0.3 is 0 Å². The molecule has 0 unspecified atom stereocenters. The lowest BCUT2D eigenvalue weighted by Gasteiger charge is -2.02. The Morgan fingerprint density at radius 3 is 2.69 bits per heavy atom. The van der Waals surface area contributed by atoms with Crippen molar-refractivity contribution >= 4 is 22.0 Å². The maximum Gasteiger partial charge on any atom is 0.126 e. The van der Waals surface area contributed by atoms with Crippen LogP contribution >= 0.6 is 15.9 Å². The van der Waals surface area contributed by atoms with Crippen LogP contribution in [0, 0.1) is 0 Å². The van der Waals surface area contributed by atoms with Crippen molar-refractivity contribution in [2.45, 2.75) is 0 Å². The van der Waals surface area contributed by atoms with E-state index in [2.05, 4.69) is 15.9 Å². The fourth-order valence-corrected chi connectivity index (χ4v) is 1.18. The molecule has 1 nitrogen and oxygen atoms in total. The van der Waals surface area contributed by atoms with Crippen molar-refractivity contribution in [1.82, 2.24) is 0 Å². The summed E-state index contributed by atoms with van der Waals surface area (Å²) in [5.41, 5.74) is 1.08. The molecule has 0 heterocycles. The molecule has 0 saturated carbocycles. The second-order valence-corrected chi connectivity index (χ2v) is 2.95. The number of methoxy groups -OCH3 is 1. The lowest BCUT2D eigenvalue weighted by Crippen LogP contribution is -1.84. The number of ether oxygens (including phenoxy) is 1. The van der Waals surface area contributed by atoms with Gasteiger partial charge in [0, 0.05) is 5.56 Å². The highest BCUT2D eigenvalue weighted by atomic mass is 79.9. The first kappa shape index (κ1) is 10.1. The zero-order valence-corrected chi connectivity index (χ0v) is 8.99. The molecule has 0 saturated heterocycles. The third kappa shape index (κ3) is 3.07. The number of para-hydroxylation sites is 1. The molecule has 13 heavy (non-hydrogen) atoms. The van der Waals surface area contributed by atoms with E-state index in [1.54, 1.807) is 12.1 Å². The molecule has 0 spiro atoms. The molecule has 0 N–H and O–H groups in total. The number of allylic oxidation sites excluding steroid dienone is 2. The van der Waals surface area contributed by atoms with Crippen LogP contribution in [0.5, 0.6) is 5.75 Å². The Kier molecular flexibility index (Phi) is 4.33. The van der Waals surface area contributed by atoms with Crippen molar-refractivity contribution < 1.29 is 4.74 Å². The van der Waals surface area contributed by atoms with E-state index in [1.807, 2.05) is 42.5 Å². The molecule has 68 valence electrons. The number of halogens is 1. The summed E-state index contributed by atoms with van der Waals surface area (Å²) in [6.07, 6.45) is 5.86. The number of hydrogen-bond acceptors (Lipinski definition) is 1. The van der Waals surface area contributed by atoms with Gasteiger partial charge in [-0.3, -0.25) is 0 Å². The van der Waals surface area contributed by atoms with E-state index in [1.165, 1.54) is 0 Å². The summed E-state index contributed by atoms with van der Waals surface area (Å²) < 4.78 is 5.19. The van der Waals surface area contributed by atoms with E-state index in [9.17, 15) is 0 Å². The minimum absolute atomic E-state index is 0.890. The van der Waals surface area contributed by atoms with Crippen molar-refractivity contribution in [1.29, 1.82) is 0 Å². The summed E-state index contributed by atoms with van der Waals surface area (Å²) in [4.78, 5) is 1.80. The molecule has 0 bridgehead atoms. The minimum Gasteiger partial charge on any atom is -0.496 e. The summed E-state index contributed by atoms with van der Waals surface area (Å²) in [7, 11) is 1.67. The van der Waals surface area contributed by atoms with Crippen LogP contribution in [0.25, 0.3) is 6.08 Å². The SMILES string of the molecule is COc1ccccc1/C=C/C=C/Br. The summed E-state index contributed by atoms with van der Waals surface area (Å²) in [5, 5.41) is 0. The van der Waals surface area contributed by atoms with E-state index in [-0.39, 0.29) is 0 Å². The maximum atomic E-state index is 5.19. The van der Waals surface area contributed by atoms with Crippen LogP contribution in [-0.4, -0.2) is 7.11 Å². The van der Waals surface area contributed by atoms with Crippen LogP contribution in [0.15, 0.2) is 41.4 Å². The lowest BCUT2D eigenvalue weighted by molar-refractivity contribution is 0.414. The monoisotopic (exact) mass is 238 g/mol. The summed E-state index contributed by atoms with van der Waals surface area (Å²) in [6, 6.07) is 7.89. The standard InChI is InChI=1S/C11H11BrO/c1-13-11-8-3-2-6-10(11)7-4-5-9-12/h2-9H,1H3/b7-4+,9-5+. The molecule has 0 atom stereocenters. The molecule has 1 aromatic carbocycles. The van der Waals surface area contributed by atoms with Crippen molar-refractivity contribution in [3.05, 3.63) is 47.0 Å². The molecular formula is C11H11BrO. The quantitative estimate of drug-likeness (QED) is 0.732. The highest BCUT2D eigenvalue weighted by Gasteiger charge is 1.94. The zero-order chi connectivity index (χ0) is 9.52. The van der Waals surface area contributed by atoms with Gasteiger partial charge in [-0.15, -0.1) is 0 Å². The largest absolute Gasteiger partial charge is 0.496 e. The van der Waals surface area contributed by atoms with Crippen LogP contribution in [0.4, 0.5) is 0 Å². The average molecular weight is 239 g/mol. The zero-order valence-electron chi connectivity index (χ0n) is 7.41. The van der Waals surface area contributed by atoms with Crippen LogP contribution in [0.3, 0.4) is 0 Å². The van der Waals surface area contributed by atoms with Crippen LogP contribution in [-0.2, 0) is 0 Å². The number of hydrogen-bond donors (Lipinski definition) is 0. The Morgan fingerprint density at radius 1 is 1.23 bits per heavy atom. The Bertz CT molecular complexity index is 316. The topological polar surface area (TPSA) is 9.23 Å². The Labute approximate surface area is 86.9 Å². The van der Waals surface area contributed by atoms with Crippen molar-refractivity contribution in [2.24, 2.45) is 0 Å². The van der Waals surface area contributed by atoms with E-state index in [4.69, 9.17) is 4.74 Å². The predicted molar refractivity (Wildman–Crippen MR) is 60.1 cm³/mol. The fourth-order valence-electron chi connectivity index (χ4n) is 1.01. The molecule has 2 heteroatoms. The van der Waals surface area contributed by atoms with Crippen LogP contribution < -0.4 is 4.74 Å². The first-order valence-electron chi connectivity index (χ1n) is 3.95. The van der Waals surface area contributed by atoms with E-state index in [0.29, 0.717) is 0 Å². The van der Waals surface area contributed by atoms with Gasteiger partial charge in [0.05, 0.1) is 7.11 Å². The van der Waals surface area contributed by atoms with Gasteiger partial charge in [0.2, 0.25) is 0 Å². The second-order valence-electron chi connectivity index (χ2n) is 2.42. The third-order valence-electron chi connectivity index (χ3n) is 1.60. The van der Waals surface area contributed by atoms with Crippen LogP contribution in [0.2, 0.25) is 0 Å². The van der Waals surface area contributed by atoms with E-state index < -0.39 is 0 Å². The first-order valence-corrected chi connectivity index (χ1v) is 4.86. The van der Waals surface area contributed by atoms with Gasteiger partial charge in [-0.1, -0.05) is 52.4 Å². The minimum atomic E-state index is 0.890. The molecular weight excluding hydrogens is 228 g/mol. The van der Waals surface area contributed by atoms with Crippen molar-refractivity contribution in [3.63, 3.8) is 0 Å². The Balaban J connectivity index is 2.86. The van der Waals surface area contributed by atoms with Gasteiger partial charge in [-0.25, -0.2) is 0 Å². The predicted octanol–water partition coefficient (Wildman–Crippen LogP) is 3.62. The van der Waals surface area contributed by atoms with Gasteiger partial charge in [-0.2, -0.15) is 0 Å². The smallest absolute Gasteiger partial charge is 0.126 e. The molecule has 1 rings (SSSR count). The van der Waals surface area contributed by atoms with Gasteiger partial charge < -0.3 is 4.74 Å². The summed E-state index contributed by atoms with van der Waals surface area (Å²) >= 11 is 3.20. The molecule has 0 aliphatic carbocycles. The second kappa shape index (κ2) is 5.60. The third-order valence-corrected chi connectivity index (χ3v) is 1.90. The van der Waals surface area contributed by atoms with E-state index >= 15 is 0 Å². The highest BCUT2D eigenvalue weighted by Crippen LogP contribution is 2.18. The van der Waals surface area contributed by atoms with Gasteiger partial charge in [0.15, 0.2) is 0 Å². The summed E-state index contributed by atoms with van der Waals surface area (Å²) in [6.45, 7) is 0. The summed E-state index contributed by atoms with van der Waals surface area (Å²) in [5.74, 6) is 0.890. The molecule has 0 radical (unpaired) electrons. The van der Waals surface area contributed by atoms with Gasteiger partial charge in [0.25, 0.3) is 0 Å². The highest BCUT2D eigenvalue weighted by molar-refractivity contribution is 9.11. The molecule has 0 amide bonds. The van der Waals surface area contributed by atoms with Crippen LogP contribution in [0.1, 0.15) is 5.56 Å². The Hall–Kier alpha value is -1.02. The normalized spacial score (nSPS) is 11.2. The molecule has 0 aromatic heterocycles. The molecule has 1 aromatic rings. The van der Waals surface area contributed by atoms with Crippen molar-refractivity contribution in [2.75, 3.05) is 7.11 Å². The fraction of sp³-hybridized carbons (Fsp3) is 0.0909. The van der Waals surface area contributed by atoms with Gasteiger partial charge in [-0.05, 0) is 11.1 Å². The number of benzene rings is 1. The average Bonchev–Trinajstić information content (AvgIpc) is 2.19. The lowest BCUT2D eigenvalue weighted by atomic mass is 10.2. The molecule has 0 fully saturated rings. The molecule has 0 aliphatic rings. The van der Waals surface area contributed by atoms with Gasteiger partial charge in [0.1, 0.15) is 5.75 Å². The van der Waals surface area contributed by atoms with Crippen molar-refractivity contribution in [3.8, 4) is 5.75 Å². The molecule has 0 aliphatic heterocycles. The number of rotatable bonds is 3. The van der Waals surface area contributed by atoms with E-state index in [0.717, 1.165) is 11.3 Å². The first-order chi connectivity index (χ1) is 6.38.